The van der Waals surface area contributed by atoms with Crippen molar-refractivity contribution < 1.29 is 18.8 Å². The van der Waals surface area contributed by atoms with Crippen molar-refractivity contribution >= 4 is 6.03 Å². The van der Waals surface area contributed by atoms with E-state index in [1.165, 1.54) is 7.11 Å². The second-order valence-electron chi connectivity index (χ2n) is 3.05. The van der Waals surface area contributed by atoms with E-state index in [0.717, 1.165) is 12.2 Å². The fourth-order valence-electron chi connectivity index (χ4n) is 1.07. The number of nitrogens with one attached hydrogen (secondary N) is 2. The fourth-order valence-corrected chi connectivity index (χ4v) is 1.07. The van der Waals surface area contributed by atoms with Gasteiger partial charge in [-0.25, -0.2) is 10.3 Å². The normalized spacial score (nSPS) is 10.1. The summed E-state index contributed by atoms with van der Waals surface area (Å²) < 4.78 is 10.4. The molecular formula is C10H16N2O4. The molecule has 0 unspecified atom stereocenters. The van der Waals surface area contributed by atoms with Crippen LogP contribution in [0.1, 0.15) is 12.2 Å². The van der Waals surface area contributed by atoms with Crippen LogP contribution in [0.2, 0.25) is 0 Å². The summed E-state index contributed by atoms with van der Waals surface area (Å²) >= 11 is 0. The van der Waals surface area contributed by atoms with E-state index in [-0.39, 0.29) is 6.03 Å². The van der Waals surface area contributed by atoms with Gasteiger partial charge in [0.15, 0.2) is 0 Å². The summed E-state index contributed by atoms with van der Waals surface area (Å²) in [5, 5.41) is 2.60. The maximum atomic E-state index is 10.9. The molecular weight excluding hydrogens is 212 g/mol. The molecule has 6 heteroatoms. The van der Waals surface area contributed by atoms with Crippen LogP contribution >= 0.6 is 0 Å². The van der Waals surface area contributed by atoms with Crippen molar-refractivity contribution in [2.24, 2.45) is 0 Å². The Balaban J connectivity index is 1.90. The van der Waals surface area contributed by atoms with E-state index in [4.69, 9.17) is 9.15 Å². The standard InChI is InChI=1S/C10H16N2O4/c1-14-12-10(13)11-5-3-6-15-8-9-4-2-7-16-9/h2,4,7H,3,5-6,8H2,1H3,(H2,11,12,13). The molecule has 1 heterocycles. The van der Waals surface area contributed by atoms with Crippen LogP contribution in [0, 0.1) is 0 Å². The van der Waals surface area contributed by atoms with Crippen molar-refractivity contribution in [3.63, 3.8) is 0 Å². The highest BCUT2D eigenvalue weighted by atomic mass is 16.6. The number of rotatable bonds is 7. The Bertz CT molecular complexity index is 287. The van der Waals surface area contributed by atoms with Crippen LogP contribution in [0.5, 0.6) is 0 Å². The Morgan fingerprint density at radius 1 is 1.56 bits per heavy atom. The zero-order valence-corrected chi connectivity index (χ0v) is 9.19. The topological polar surface area (TPSA) is 72.7 Å². The van der Waals surface area contributed by atoms with Crippen molar-refractivity contribution in [3.8, 4) is 0 Å². The Hall–Kier alpha value is -1.53. The van der Waals surface area contributed by atoms with E-state index in [1.54, 1.807) is 6.26 Å². The van der Waals surface area contributed by atoms with Gasteiger partial charge in [-0.3, -0.25) is 4.84 Å². The van der Waals surface area contributed by atoms with Gasteiger partial charge in [-0.05, 0) is 18.6 Å². The number of hydroxylamine groups is 1. The molecule has 6 nitrogen and oxygen atoms in total. The van der Waals surface area contributed by atoms with E-state index in [1.807, 2.05) is 12.1 Å². The molecule has 0 atom stereocenters. The van der Waals surface area contributed by atoms with E-state index < -0.39 is 0 Å². The lowest BCUT2D eigenvalue weighted by Crippen LogP contribution is -2.35. The van der Waals surface area contributed by atoms with Gasteiger partial charge in [-0.1, -0.05) is 0 Å². The molecule has 2 amide bonds. The summed E-state index contributed by atoms with van der Waals surface area (Å²) in [6.07, 6.45) is 2.34. The molecule has 0 radical (unpaired) electrons. The van der Waals surface area contributed by atoms with Crippen molar-refractivity contribution in [2.45, 2.75) is 13.0 Å². The highest BCUT2D eigenvalue weighted by Crippen LogP contribution is 2.01. The molecule has 1 rings (SSSR count). The van der Waals surface area contributed by atoms with Gasteiger partial charge < -0.3 is 14.5 Å². The lowest BCUT2D eigenvalue weighted by atomic mass is 10.4. The van der Waals surface area contributed by atoms with E-state index in [9.17, 15) is 4.79 Å². The van der Waals surface area contributed by atoms with Crippen LogP contribution in [-0.2, 0) is 16.2 Å². The molecule has 0 saturated carbocycles. The Labute approximate surface area is 93.9 Å². The molecule has 0 bridgehead atoms. The Kier molecular flexibility index (Phi) is 6.05. The Morgan fingerprint density at radius 2 is 2.44 bits per heavy atom. The first-order valence-electron chi connectivity index (χ1n) is 5.00. The van der Waals surface area contributed by atoms with Gasteiger partial charge in [0.25, 0.3) is 0 Å². The van der Waals surface area contributed by atoms with E-state index >= 15 is 0 Å². The third kappa shape index (κ3) is 5.38. The maximum absolute atomic E-state index is 10.9. The zero-order chi connectivity index (χ0) is 11.6. The van der Waals surface area contributed by atoms with E-state index in [0.29, 0.717) is 19.8 Å². The lowest BCUT2D eigenvalue weighted by molar-refractivity contribution is 0.0988. The van der Waals surface area contributed by atoms with Crippen molar-refractivity contribution in [3.05, 3.63) is 24.2 Å². The summed E-state index contributed by atoms with van der Waals surface area (Å²) in [5.41, 5.74) is 2.15. The van der Waals surface area contributed by atoms with E-state index in [2.05, 4.69) is 15.6 Å². The molecule has 1 aromatic rings. The molecule has 0 aliphatic rings. The number of carbonyl (C=O) groups is 1. The molecule has 0 fully saturated rings. The molecule has 2 N–H and O–H groups in total. The molecule has 0 spiro atoms. The van der Waals surface area contributed by atoms with Crippen molar-refractivity contribution in [1.82, 2.24) is 10.8 Å². The first-order chi connectivity index (χ1) is 7.83. The fraction of sp³-hybridized carbons (Fsp3) is 0.500. The second kappa shape index (κ2) is 7.72. The first kappa shape index (κ1) is 12.5. The predicted molar refractivity (Wildman–Crippen MR) is 56.5 cm³/mol. The van der Waals surface area contributed by atoms with Crippen LogP contribution in [0.25, 0.3) is 0 Å². The smallest absolute Gasteiger partial charge is 0.338 e. The molecule has 0 aliphatic carbocycles. The van der Waals surface area contributed by atoms with Crippen molar-refractivity contribution in [2.75, 3.05) is 20.3 Å². The molecule has 90 valence electrons. The highest BCUT2D eigenvalue weighted by molar-refractivity contribution is 5.72. The molecule has 1 aromatic heterocycles. The maximum Gasteiger partial charge on any atom is 0.338 e. The monoisotopic (exact) mass is 228 g/mol. The van der Waals surface area contributed by atoms with Crippen molar-refractivity contribution in [1.29, 1.82) is 0 Å². The van der Waals surface area contributed by atoms with Crippen LogP contribution < -0.4 is 10.8 Å². The number of amides is 2. The van der Waals surface area contributed by atoms with Gasteiger partial charge in [0.05, 0.1) is 13.4 Å². The van der Waals surface area contributed by atoms with Gasteiger partial charge in [0, 0.05) is 13.2 Å². The number of ether oxygens (including phenoxy) is 1. The number of carbonyl (C=O) groups excluding carboxylic acids is 1. The van der Waals surface area contributed by atoms with Crippen LogP contribution in [0.15, 0.2) is 22.8 Å². The average molecular weight is 228 g/mol. The lowest BCUT2D eigenvalue weighted by Gasteiger charge is -2.05. The Morgan fingerprint density at radius 3 is 3.12 bits per heavy atom. The number of furan rings is 1. The van der Waals surface area contributed by atoms with Crippen LogP contribution in [0.4, 0.5) is 4.79 Å². The minimum atomic E-state index is -0.353. The van der Waals surface area contributed by atoms with Gasteiger partial charge in [0.1, 0.15) is 12.4 Å². The van der Waals surface area contributed by atoms with Crippen LogP contribution in [-0.4, -0.2) is 26.3 Å². The molecule has 0 aliphatic heterocycles. The quantitative estimate of drug-likeness (QED) is 0.540. The van der Waals surface area contributed by atoms with Gasteiger partial charge in [-0.2, -0.15) is 0 Å². The number of hydrogen-bond donors (Lipinski definition) is 2. The number of hydrogen-bond acceptors (Lipinski definition) is 4. The second-order valence-corrected chi connectivity index (χ2v) is 3.05. The van der Waals surface area contributed by atoms with Gasteiger partial charge in [-0.15, -0.1) is 0 Å². The third-order valence-corrected chi connectivity index (χ3v) is 1.77. The molecule has 16 heavy (non-hydrogen) atoms. The summed E-state index contributed by atoms with van der Waals surface area (Å²) in [6, 6.07) is 3.31. The summed E-state index contributed by atoms with van der Waals surface area (Å²) in [7, 11) is 1.38. The molecule has 0 aromatic carbocycles. The minimum Gasteiger partial charge on any atom is -0.467 e. The SMILES string of the molecule is CONC(=O)NCCCOCc1ccco1. The third-order valence-electron chi connectivity index (χ3n) is 1.77. The highest BCUT2D eigenvalue weighted by Gasteiger charge is 1.98. The average Bonchev–Trinajstić information content (AvgIpc) is 2.76. The minimum absolute atomic E-state index is 0.353. The summed E-state index contributed by atoms with van der Waals surface area (Å²) in [4.78, 5) is 15.3. The zero-order valence-electron chi connectivity index (χ0n) is 9.19. The number of urea groups is 1. The van der Waals surface area contributed by atoms with Crippen LogP contribution in [0.3, 0.4) is 0 Å². The summed E-state index contributed by atoms with van der Waals surface area (Å²) in [5.74, 6) is 0.796. The largest absolute Gasteiger partial charge is 0.467 e. The molecule has 0 saturated heterocycles. The van der Waals surface area contributed by atoms with Gasteiger partial charge in [0.2, 0.25) is 0 Å². The summed E-state index contributed by atoms with van der Waals surface area (Å²) in [6.45, 7) is 1.55. The predicted octanol–water partition coefficient (Wildman–Crippen LogP) is 1.05. The van der Waals surface area contributed by atoms with Gasteiger partial charge >= 0.3 is 6.03 Å². The first-order valence-corrected chi connectivity index (χ1v) is 5.00.